The largest absolute Gasteiger partial charge is 0.461 e. The highest BCUT2D eigenvalue weighted by molar-refractivity contribution is 5.86. The molecule has 1 aliphatic rings. The maximum atomic E-state index is 11.1. The molecule has 7 heteroatoms. The lowest BCUT2D eigenvalue weighted by atomic mass is 10.4. The summed E-state index contributed by atoms with van der Waals surface area (Å²) in [6.07, 6.45) is 0. The number of hydrogen-bond acceptors (Lipinski definition) is 6. The molecule has 1 aliphatic heterocycles. The SMILES string of the molecule is COC(=O)C(=C1NCCN1C)[N+](=O)[O-]. The Morgan fingerprint density at radius 3 is 2.71 bits per heavy atom. The van der Waals surface area contributed by atoms with Crippen LogP contribution in [0.25, 0.3) is 0 Å². The number of hydrogen-bond donors (Lipinski definition) is 1. The van der Waals surface area contributed by atoms with Gasteiger partial charge in [-0.05, 0) is 0 Å². The van der Waals surface area contributed by atoms with E-state index in [0.717, 1.165) is 7.11 Å². The van der Waals surface area contributed by atoms with Gasteiger partial charge in [0.25, 0.3) is 0 Å². The highest BCUT2D eigenvalue weighted by Crippen LogP contribution is 2.12. The van der Waals surface area contributed by atoms with Gasteiger partial charge in [0.1, 0.15) is 0 Å². The summed E-state index contributed by atoms with van der Waals surface area (Å²) in [4.78, 5) is 22.6. The van der Waals surface area contributed by atoms with Crippen molar-refractivity contribution in [3.63, 3.8) is 0 Å². The molecule has 1 rings (SSSR count). The Morgan fingerprint density at radius 2 is 2.36 bits per heavy atom. The van der Waals surface area contributed by atoms with Crippen LogP contribution in [0, 0.1) is 10.1 Å². The minimum Gasteiger partial charge on any atom is -0.461 e. The van der Waals surface area contributed by atoms with Crippen LogP contribution in [0.1, 0.15) is 0 Å². The fourth-order valence-corrected chi connectivity index (χ4v) is 1.21. The third kappa shape index (κ3) is 1.76. The molecule has 0 spiro atoms. The molecular weight excluding hydrogens is 190 g/mol. The quantitative estimate of drug-likeness (QED) is 0.271. The van der Waals surface area contributed by atoms with Gasteiger partial charge in [-0.15, -0.1) is 0 Å². The number of rotatable bonds is 2. The lowest BCUT2D eigenvalue weighted by Crippen LogP contribution is -2.25. The molecule has 0 amide bonds. The minimum atomic E-state index is -0.939. The predicted octanol–water partition coefficient (Wildman–Crippen LogP) is -0.860. The Bertz CT molecular complexity index is 299. The molecule has 0 unspecified atom stereocenters. The average molecular weight is 201 g/mol. The first-order chi connectivity index (χ1) is 6.57. The summed E-state index contributed by atoms with van der Waals surface area (Å²) in [6, 6.07) is 0. The number of esters is 1. The van der Waals surface area contributed by atoms with Crippen LogP contribution in [0.5, 0.6) is 0 Å². The van der Waals surface area contributed by atoms with E-state index in [1.54, 1.807) is 11.9 Å². The van der Waals surface area contributed by atoms with Gasteiger partial charge in [-0.25, -0.2) is 4.79 Å². The van der Waals surface area contributed by atoms with E-state index in [1.807, 2.05) is 0 Å². The maximum Gasteiger partial charge on any atom is 0.413 e. The minimum absolute atomic E-state index is 0.210. The summed E-state index contributed by atoms with van der Waals surface area (Å²) in [5.74, 6) is -0.729. The van der Waals surface area contributed by atoms with Crippen LogP contribution < -0.4 is 5.32 Å². The van der Waals surface area contributed by atoms with Gasteiger partial charge in [-0.3, -0.25) is 10.1 Å². The van der Waals surface area contributed by atoms with Gasteiger partial charge < -0.3 is 15.0 Å². The Morgan fingerprint density at radius 1 is 1.71 bits per heavy atom. The van der Waals surface area contributed by atoms with E-state index in [0.29, 0.717) is 13.1 Å². The van der Waals surface area contributed by atoms with Crippen LogP contribution in [-0.2, 0) is 9.53 Å². The Balaban J connectivity index is 3.07. The van der Waals surface area contributed by atoms with Gasteiger partial charge >= 0.3 is 11.7 Å². The first-order valence-electron chi connectivity index (χ1n) is 4.00. The normalized spacial score (nSPS) is 18.9. The van der Waals surface area contributed by atoms with E-state index >= 15 is 0 Å². The summed E-state index contributed by atoms with van der Waals surface area (Å²) in [5, 5.41) is 13.4. The fourth-order valence-electron chi connectivity index (χ4n) is 1.21. The molecule has 0 aromatic carbocycles. The van der Waals surface area contributed by atoms with Crippen molar-refractivity contribution in [2.45, 2.75) is 0 Å². The molecular formula is C7H11N3O4. The van der Waals surface area contributed by atoms with Crippen LogP contribution in [0.3, 0.4) is 0 Å². The van der Waals surface area contributed by atoms with Crippen molar-refractivity contribution < 1.29 is 14.5 Å². The highest BCUT2D eigenvalue weighted by atomic mass is 16.6. The molecule has 1 heterocycles. The molecule has 0 bridgehead atoms. The second-order valence-electron chi connectivity index (χ2n) is 2.79. The molecule has 0 aliphatic carbocycles. The second kappa shape index (κ2) is 3.95. The molecule has 78 valence electrons. The lowest BCUT2D eigenvalue weighted by Gasteiger charge is -2.10. The smallest absolute Gasteiger partial charge is 0.413 e. The van der Waals surface area contributed by atoms with E-state index in [9.17, 15) is 14.9 Å². The highest BCUT2D eigenvalue weighted by Gasteiger charge is 2.33. The van der Waals surface area contributed by atoms with Gasteiger partial charge in [-0.2, -0.15) is 0 Å². The molecule has 1 saturated heterocycles. The number of nitro groups is 1. The molecule has 0 radical (unpaired) electrons. The number of nitrogens with one attached hydrogen (secondary N) is 1. The Kier molecular flexibility index (Phi) is 2.90. The van der Waals surface area contributed by atoms with E-state index in [-0.39, 0.29) is 5.82 Å². The monoisotopic (exact) mass is 201 g/mol. The number of methoxy groups -OCH3 is 1. The summed E-state index contributed by atoms with van der Waals surface area (Å²) in [5.41, 5.74) is -0.549. The number of ether oxygens (including phenoxy) is 1. The van der Waals surface area contributed by atoms with E-state index in [2.05, 4.69) is 10.1 Å². The van der Waals surface area contributed by atoms with Gasteiger partial charge in [0.2, 0.25) is 0 Å². The van der Waals surface area contributed by atoms with Crippen molar-refractivity contribution in [3.05, 3.63) is 21.6 Å². The zero-order valence-electron chi connectivity index (χ0n) is 7.94. The number of carbonyl (C=O) groups excluding carboxylic acids is 1. The first kappa shape index (κ1) is 10.3. The fraction of sp³-hybridized carbons (Fsp3) is 0.571. The Labute approximate surface area is 80.5 Å². The number of carbonyl (C=O) groups is 1. The predicted molar refractivity (Wildman–Crippen MR) is 46.7 cm³/mol. The number of nitrogens with zero attached hydrogens (tertiary/aromatic N) is 2. The van der Waals surface area contributed by atoms with Crippen molar-refractivity contribution in [1.82, 2.24) is 10.2 Å². The van der Waals surface area contributed by atoms with Gasteiger partial charge in [0.05, 0.1) is 12.0 Å². The maximum absolute atomic E-state index is 11.1. The molecule has 1 N–H and O–H groups in total. The second-order valence-corrected chi connectivity index (χ2v) is 2.79. The third-order valence-electron chi connectivity index (χ3n) is 1.91. The zero-order chi connectivity index (χ0) is 10.7. The summed E-state index contributed by atoms with van der Waals surface area (Å²) >= 11 is 0. The van der Waals surface area contributed by atoms with E-state index < -0.39 is 16.6 Å². The first-order valence-corrected chi connectivity index (χ1v) is 4.00. The van der Waals surface area contributed by atoms with Crippen molar-refractivity contribution in [2.75, 3.05) is 27.2 Å². The topological polar surface area (TPSA) is 84.7 Å². The molecule has 0 aromatic heterocycles. The van der Waals surface area contributed by atoms with Crippen molar-refractivity contribution in [1.29, 1.82) is 0 Å². The molecule has 14 heavy (non-hydrogen) atoms. The van der Waals surface area contributed by atoms with Gasteiger partial charge in [0, 0.05) is 20.1 Å². The molecule has 1 fully saturated rings. The zero-order valence-corrected chi connectivity index (χ0v) is 7.94. The van der Waals surface area contributed by atoms with Crippen LogP contribution >= 0.6 is 0 Å². The van der Waals surface area contributed by atoms with Crippen LogP contribution in [-0.4, -0.2) is 43.0 Å². The third-order valence-corrected chi connectivity index (χ3v) is 1.91. The van der Waals surface area contributed by atoms with Crippen molar-refractivity contribution in [3.8, 4) is 0 Å². The van der Waals surface area contributed by atoms with Crippen LogP contribution in [0.15, 0.2) is 11.5 Å². The molecule has 0 aromatic rings. The standard InChI is InChI=1S/C7H11N3O4/c1-9-4-3-8-6(9)5(10(12)13)7(11)14-2/h8H,3-4H2,1-2H3. The van der Waals surface area contributed by atoms with Crippen LogP contribution in [0.4, 0.5) is 0 Å². The summed E-state index contributed by atoms with van der Waals surface area (Å²) in [6.45, 7) is 1.21. The lowest BCUT2D eigenvalue weighted by molar-refractivity contribution is -0.423. The van der Waals surface area contributed by atoms with Crippen molar-refractivity contribution in [2.24, 2.45) is 0 Å². The summed E-state index contributed by atoms with van der Waals surface area (Å²) < 4.78 is 4.33. The average Bonchev–Trinajstić information content (AvgIpc) is 2.52. The Hall–Kier alpha value is -1.79. The molecule has 7 nitrogen and oxygen atoms in total. The number of likely N-dealkylation sites (N-methyl/N-ethyl adjacent to an activating group) is 1. The molecule has 0 atom stereocenters. The van der Waals surface area contributed by atoms with E-state index in [1.165, 1.54) is 0 Å². The molecule has 0 saturated carbocycles. The van der Waals surface area contributed by atoms with Crippen LogP contribution in [0.2, 0.25) is 0 Å². The van der Waals surface area contributed by atoms with Gasteiger partial charge in [-0.1, -0.05) is 0 Å². The van der Waals surface area contributed by atoms with E-state index in [4.69, 9.17) is 0 Å². The summed E-state index contributed by atoms with van der Waals surface area (Å²) in [7, 11) is 2.78. The van der Waals surface area contributed by atoms with Crippen molar-refractivity contribution >= 4 is 5.97 Å². The van der Waals surface area contributed by atoms with Gasteiger partial charge in [0.15, 0.2) is 5.82 Å².